The zero-order valence-corrected chi connectivity index (χ0v) is 11.1. The molecule has 0 aliphatic carbocycles. The van der Waals surface area contributed by atoms with Gasteiger partial charge in [-0.1, -0.05) is 12.1 Å². The number of para-hydroxylation sites is 1. The maximum Gasteiger partial charge on any atom is 0.334 e. The van der Waals surface area contributed by atoms with Crippen molar-refractivity contribution in [3.05, 3.63) is 46.7 Å². The molecule has 1 aromatic heterocycles. The van der Waals surface area contributed by atoms with E-state index in [9.17, 15) is 9.18 Å². The number of hydrogen-bond acceptors (Lipinski definition) is 5. The fraction of sp³-hybridized carbons (Fsp3) is 0.231. The van der Waals surface area contributed by atoms with Gasteiger partial charge in [-0.2, -0.15) is 0 Å². The lowest BCUT2D eigenvalue weighted by Crippen LogP contribution is -2.23. The highest BCUT2D eigenvalue weighted by Crippen LogP contribution is 2.25. The van der Waals surface area contributed by atoms with Crippen molar-refractivity contribution in [2.45, 2.75) is 13.0 Å². The first-order chi connectivity index (χ1) is 9.22. The molecule has 0 fully saturated rings. The van der Waals surface area contributed by atoms with Crippen molar-refractivity contribution in [3.63, 3.8) is 0 Å². The molecule has 100 valence electrons. The van der Waals surface area contributed by atoms with E-state index in [0.717, 1.165) is 0 Å². The Labute approximate surface area is 114 Å². The van der Waals surface area contributed by atoms with Crippen molar-refractivity contribution >= 4 is 23.0 Å². The number of anilines is 1. The van der Waals surface area contributed by atoms with E-state index < -0.39 is 17.8 Å². The van der Waals surface area contributed by atoms with Gasteiger partial charge in [0.2, 0.25) is 0 Å². The number of benzene rings is 1. The lowest BCUT2D eigenvalue weighted by atomic mass is 10.2. The first kappa shape index (κ1) is 13.5. The molecule has 0 saturated heterocycles. The van der Waals surface area contributed by atoms with Crippen molar-refractivity contribution in [3.8, 4) is 0 Å². The Hall–Kier alpha value is -1.95. The minimum atomic E-state index is -0.746. The predicted molar refractivity (Wildman–Crippen MR) is 71.5 cm³/mol. The smallest absolute Gasteiger partial charge is 0.334 e. The maximum atomic E-state index is 13.6. The molecule has 2 aromatic rings. The average molecular weight is 280 g/mol. The summed E-state index contributed by atoms with van der Waals surface area (Å²) in [6.45, 7) is 2.00. The summed E-state index contributed by atoms with van der Waals surface area (Å²) in [4.78, 5) is 16.5. The second-order valence-corrected chi connectivity index (χ2v) is 4.63. The van der Waals surface area contributed by atoms with Crippen LogP contribution in [0.1, 0.15) is 17.8 Å². The minimum absolute atomic E-state index is 0.258. The summed E-state index contributed by atoms with van der Waals surface area (Å²) >= 11 is 1.31. The van der Waals surface area contributed by atoms with Crippen LogP contribution in [-0.4, -0.2) is 17.6 Å². The van der Waals surface area contributed by atoms with E-state index in [1.165, 1.54) is 17.4 Å². The third-order valence-corrected chi connectivity index (χ3v) is 3.27. The Morgan fingerprint density at radius 1 is 1.53 bits per heavy atom. The predicted octanol–water partition coefficient (Wildman–Crippen LogP) is 3.00. The van der Waals surface area contributed by atoms with Gasteiger partial charge in [0, 0.05) is 6.20 Å². The van der Waals surface area contributed by atoms with E-state index >= 15 is 0 Å². The highest BCUT2D eigenvalue weighted by Gasteiger charge is 2.24. The largest absolute Gasteiger partial charge is 0.464 e. The molecule has 19 heavy (non-hydrogen) atoms. The van der Waals surface area contributed by atoms with Crippen LogP contribution in [-0.2, 0) is 9.53 Å². The molecule has 0 radical (unpaired) electrons. The molecule has 1 heterocycles. The molecular weight excluding hydrogens is 267 g/mol. The third kappa shape index (κ3) is 3.29. The number of rotatable bonds is 5. The third-order valence-electron chi connectivity index (χ3n) is 2.43. The van der Waals surface area contributed by atoms with Gasteiger partial charge in [-0.25, -0.2) is 9.18 Å². The topological polar surface area (TPSA) is 51.2 Å². The monoisotopic (exact) mass is 280 g/mol. The first-order valence-electron chi connectivity index (χ1n) is 5.78. The molecule has 0 aliphatic rings. The zero-order chi connectivity index (χ0) is 13.7. The van der Waals surface area contributed by atoms with Gasteiger partial charge < -0.3 is 10.1 Å². The van der Waals surface area contributed by atoms with Crippen LogP contribution >= 0.6 is 11.3 Å². The van der Waals surface area contributed by atoms with E-state index in [-0.39, 0.29) is 12.3 Å². The number of thiazole rings is 1. The number of carbonyl (C=O) groups is 1. The van der Waals surface area contributed by atoms with Crippen LogP contribution in [0.2, 0.25) is 0 Å². The maximum absolute atomic E-state index is 13.6. The normalized spacial score (nSPS) is 11.9. The molecule has 0 aliphatic heterocycles. The molecule has 4 nitrogen and oxygen atoms in total. The quantitative estimate of drug-likeness (QED) is 0.855. The van der Waals surface area contributed by atoms with Gasteiger partial charge >= 0.3 is 5.97 Å². The Morgan fingerprint density at radius 3 is 2.95 bits per heavy atom. The zero-order valence-electron chi connectivity index (χ0n) is 10.3. The van der Waals surface area contributed by atoms with E-state index in [0.29, 0.717) is 4.88 Å². The van der Waals surface area contributed by atoms with Crippen LogP contribution < -0.4 is 5.32 Å². The van der Waals surface area contributed by atoms with Crippen molar-refractivity contribution in [2.24, 2.45) is 0 Å². The van der Waals surface area contributed by atoms with Crippen molar-refractivity contribution in [2.75, 3.05) is 11.9 Å². The Balaban J connectivity index is 2.24. The van der Waals surface area contributed by atoms with Crippen molar-refractivity contribution in [1.29, 1.82) is 0 Å². The van der Waals surface area contributed by atoms with Gasteiger partial charge in [-0.15, -0.1) is 11.3 Å². The number of nitrogens with one attached hydrogen (secondary N) is 1. The SMILES string of the molecule is CCOC(=O)C(Nc1ccccc1F)c1cncs1. The summed E-state index contributed by atoms with van der Waals surface area (Å²) in [5.41, 5.74) is 1.87. The fourth-order valence-corrected chi connectivity index (χ4v) is 2.23. The molecule has 1 N–H and O–H groups in total. The lowest BCUT2D eigenvalue weighted by molar-refractivity contribution is -0.144. The number of aromatic nitrogens is 1. The Morgan fingerprint density at radius 2 is 2.32 bits per heavy atom. The summed E-state index contributed by atoms with van der Waals surface area (Å²) in [5.74, 6) is -0.865. The van der Waals surface area contributed by atoms with Crippen molar-refractivity contribution in [1.82, 2.24) is 4.98 Å². The highest BCUT2D eigenvalue weighted by molar-refractivity contribution is 7.09. The van der Waals surface area contributed by atoms with Gasteiger partial charge in [0.1, 0.15) is 5.82 Å². The van der Waals surface area contributed by atoms with Crippen LogP contribution in [0.25, 0.3) is 0 Å². The van der Waals surface area contributed by atoms with Gasteiger partial charge in [-0.05, 0) is 19.1 Å². The van der Waals surface area contributed by atoms with Gasteiger partial charge in [0.05, 0.1) is 22.7 Å². The number of esters is 1. The Kier molecular flexibility index (Phi) is 4.46. The average Bonchev–Trinajstić information content (AvgIpc) is 2.91. The number of carbonyl (C=O) groups excluding carboxylic acids is 1. The molecule has 1 unspecified atom stereocenters. The number of hydrogen-bond donors (Lipinski definition) is 1. The molecular formula is C13H13FN2O2S. The summed E-state index contributed by atoms with van der Waals surface area (Å²) in [5, 5.41) is 2.86. The lowest BCUT2D eigenvalue weighted by Gasteiger charge is -2.17. The number of halogens is 1. The molecule has 0 spiro atoms. The molecule has 6 heteroatoms. The van der Waals surface area contributed by atoms with Crippen LogP contribution in [0.4, 0.5) is 10.1 Å². The van der Waals surface area contributed by atoms with E-state index in [1.807, 2.05) is 0 Å². The standard InChI is InChI=1S/C13H13FN2O2S/c1-2-18-13(17)12(11-7-15-8-19-11)16-10-6-4-3-5-9(10)14/h3-8,12,16H,2H2,1H3. The second-order valence-electron chi connectivity index (χ2n) is 3.71. The van der Waals surface area contributed by atoms with Crippen LogP contribution in [0.5, 0.6) is 0 Å². The Bertz CT molecular complexity index is 545. The first-order valence-corrected chi connectivity index (χ1v) is 6.66. The van der Waals surface area contributed by atoms with E-state index in [1.54, 1.807) is 36.8 Å². The summed E-state index contributed by atoms with van der Waals surface area (Å²) in [6.07, 6.45) is 1.57. The van der Waals surface area contributed by atoms with E-state index in [2.05, 4.69) is 10.3 Å². The molecule has 2 rings (SSSR count). The summed E-state index contributed by atoms with van der Waals surface area (Å²) < 4.78 is 18.6. The van der Waals surface area contributed by atoms with Gasteiger partial charge in [0.25, 0.3) is 0 Å². The summed E-state index contributed by atoms with van der Waals surface area (Å²) in [7, 11) is 0. The van der Waals surface area contributed by atoms with Gasteiger partial charge in [-0.3, -0.25) is 4.98 Å². The fourth-order valence-electron chi connectivity index (χ4n) is 1.57. The second kappa shape index (κ2) is 6.29. The molecule has 0 bridgehead atoms. The minimum Gasteiger partial charge on any atom is -0.464 e. The number of ether oxygens (including phenoxy) is 1. The molecule has 0 saturated carbocycles. The van der Waals surface area contributed by atoms with Crippen LogP contribution in [0.3, 0.4) is 0 Å². The van der Waals surface area contributed by atoms with Crippen LogP contribution in [0.15, 0.2) is 36.0 Å². The summed E-state index contributed by atoms with van der Waals surface area (Å²) in [6, 6.07) is 5.44. The van der Waals surface area contributed by atoms with Crippen LogP contribution in [0, 0.1) is 5.82 Å². The molecule has 1 atom stereocenters. The van der Waals surface area contributed by atoms with Gasteiger partial charge in [0.15, 0.2) is 6.04 Å². The number of nitrogens with zero attached hydrogens (tertiary/aromatic N) is 1. The molecule has 0 amide bonds. The highest BCUT2D eigenvalue weighted by atomic mass is 32.1. The van der Waals surface area contributed by atoms with E-state index in [4.69, 9.17) is 4.74 Å². The molecule has 1 aromatic carbocycles. The van der Waals surface area contributed by atoms with Crippen molar-refractivity contribution < 1.29 is 13.9 Å².